The summed E-state index contributed by atoms with van der Waals surface area (Å²) in [5.41, 5.74) is 14.9. The van der Waals surface area contributed by atoms with Gasteiger partial charge in [-0.25, -0.2) is 15.0 Å². The molecule has 4 aromatic heterocycles. The van der Waals surface area contributed by atoms with Gasteiger partial charge in [-0.15, -0.1) is 0 Å². The van der Waals surface area contributed by atoms with E-state index in [1.165, 1.54) is 21.8 Å². The van der Waals surface area contributed by atoms with E-state index in [1.54, 1.807) is 0 Å². The number of hydrogen-bond acceptors (Lipinski definition) is 4. The Hall–Kier alpha value is -8.67. The van der Waals surface area contributed by atoms with Crippen LogP contribution in [-0.2, 0) is 0 Å². The van der Waals surface area contributed by atoms with Gasteiger partial charge in [0, 0.05) is 49.5 Å². The minimum absolute atomic E-state index is 0.682. The smallest absolute Gasteiger partial charge is 0.160 e. The normalized spacial score (nSPS) is 11.8. The summed E-state index contributed by atoms with van der Waals surface area (Å²) in [7, 11) is 0. The third kappa shape index (κ3) is 5.90. The number of hydrogen-bond donors (Lipinski definition) is 0. The van der Waals surface area contributed by atoms with Crippen LogP contribution >= 0.6 is 0 Å². The first kappa shape index (κ1) is 36.0. The Kier molecular flexibility index (Phi) is 8.15. The Balaban J connectivity index is 0.904. The van der Waals surface area contributed by atoms with Gasteiger partial charge in [0.05, 0.1) is 39.0 Å². The second-order valence-electron chi connectivity index (χ2n) is 16.4. The molecule has 0 amide bonds. The van der Waals surface area contributed by atoms with Crippen molar-refractivity contribution >= 4 is 65.4 Å². The van der Waals surface area contributed by atoms with Crippen LogP contribution in [-0.4, -0.2) is 19.5 Å². The summed E-state index contributed by atoms with van der Waals surface area (Å²) in [6, 6.07) is 76.7. The van der Waals surface area contributed by atoms with Crippen molar-refractivity contribution in [2.75, 3.05) is 0 Å². The minimum atomic E-state index is 0.682. The number of pyridine rings is 1. The lowest BCUT2D eigenvalue weighted by Gasteiger charge is -2.13. The van der Waals surface area contributed by atoms with Crippen molar-refractivity contribution in [2.24, 2.45) is 0 Å². The zero-order chi connectivity index (χ0) is 42.1. The van der Waals surface area contributed by atoms with Crippen LogP contribution in [0.4, 0.5) is 0 Å². The van der Waals surface area contributed by atoms with Gasteiger partial charge in [-0.1, -0.05) is 164 Å². The highest BCUT2D eigenvalue weighted by molar-refractivity contribution is 6.20. The molecule has 0 aliphatic rings. The second kappa shape index (κ2) is 14.5. The van der Waals surface area contributed by atoms with Crippen molar-refractivity contribution in [3.05, 3.63) is 218 Å². The number of benzene rings is 9. The van der Waals surface area contributed by atoms with Crippen LogP contribution in [0.5, 0.6) is 0 Å². The van der Waals surface area contributed by atoms with Gasteiger partial charge in [-0.2, -0.15) is 0 Å². The molecule has 298 valence electrons. The van der Waals surface area contributed by atoms with Crippen LogP contribution < -0.4 is 0 Å². The summed E-state index contributed by atoms with van der Waals surface area (Å²) in [6.07, 6.45) is 0. The number of furan rings is 1. The predicted molar refractivity (Wildman–Crippen MR) is 264 cm³/mol. The molecule has 0 N–H and O–H groups in total. The summed E-state index contributed by atoms with van der Waals surface area (Å²) in [6.45, 7) is 0. The summed E-state index contributed by atoms with van der Waals surface area (Å²) in [4.78, 5) is 15.7. The van der Waals surface area contributed by atoms with E-state index in [2.05, 4.69) is 193 Å². The van der Waals surface area contributed by atoms with Gasteiger partial charge in [0.2, 0.25) is 0 Å². The van der Waals surface area contributed by atoms with Gasteiger partial charge in [0.15, 0.2) is 5.82 Å². The molecule has 0 saturated carbocycles. The molecule has 5 heteroatoms. The summed E-state index contributed by atoms with van der Waals surface area (Å²) < 4.78 is 8.97. The van der Waals surface area contributed by atoms with Gasteiger partial charge in [0.1, 0.15) is 11.2 Å². The van der Waals surface area contributed by atoms with Gasteiger partial charge in [0.25, 0.3) is 0 Å². The van der Waals surface area contributed by atoms with Crippen molar-refractivity contribution in [1.29, 1.82) is 0 Å². The lowest BCUT2D eigenvalue weighted by molar-refractivity contribution is 0.672. The maximum absolute atomic E-state index is 6.62. The van der Waals surface area contributed by atoms with E-state index in [0.717, 1.165) is 99.8 Å². The van der Waals surface area contributed by atoms with Crippen LogP contribution in [0.15, 0.2) is 223 Å². The van der Waals surface area contributed by atoms with E-state index >= 15 is 0 Å². The van der Waals surface area contributed by atoms with E-state index in [-0.39, 0.29) is 0 Å². The molecule has 0 spiro atoms. The zero-order valence-electron chi connectivity index (χ0n) is 34.5. The van der Waals surface area contributed by atoms with Gasteiger partial charge in [-0.3, -0.25) is 0 Å². The summed E-state index contributed by atoms with van der Waals surface area (Å²) in [5.74, 6) is 0.682. The van der Waals surface area contributed by atoms with E-state index in [9.17, 15) is 0 Å². The molecule has 0 bridgehead atoms. The number of fused-ring (bicyclic) bond motifs is 9. The molecular weight excluding hydrogens is 781 g/mol. The Morgan fingerprint density at radius 1 is 0.359 bits per heavy atom. The number of nitrogens with zero attached hydrogens (tertiary/aromatic N) is 4. The molecule has 64 heavy (non-hydrogen) atoms. The van der Waals surface area contributed by atoms with Crippen LogP contribution in [0.2, 0.25) is 0 Å². The van der Waals surface area contributed by atoms with Crippen molar-refractivity contribution in [3.63, 3.8) is 0 Å². The fraction of sp³-hybridized carbons (Fsp3) is 0. The summed E-state index contributed by atoms with van der Waals surface area (Å²) >= 11 is 0. The molecule has 13 rings (SSSR count). The zero-order valence-corrected chi connectivity index (χ0v) is 34.5. The molecule has 9 aromatic carbocycles. The predicted octanol–water partition coefficient (Wildman–Crippen LogP) is 15.5. The summed E-state index contributed by atoms with van der Waals surface area (Å²) in [5, 5.41) is 7.88. The number of aromatic nitrogens is 4. The largest absolute Gasteiger partial charge is 0.455 e. The van der Waals surface area contributed by atoms with E-state index < -0.39 is 0 Å². The first-order valence-corrected chi connectivity index (χ1v) is 21.6. The van der Waals surface area contributed by atoms with Crippen LogP contribution in [0.3, 0.4) is 0 Å². The highest BCUT2D eigenvalue weighted by atomic mass is 16.3. The van der Waals surface area contributed by atoms with Gasteiger partial charge >= 0.3 is 0 Å². The molecule has 0 unspecified atom stereocenters. The molecule has 0 fully saturated rings. The topological polar surface area (TPSA) is 56.7 Å². The Morgan fingerprint density at radius 3 is 1.73 bits per heavy atom. The SMILES string of the molecule is c1ccc(-c2nc(-c3ccc(-c4cccc(-c5nc6cc7ccccc7cc6c6oc7ccccc7c56)c4)cc3)cc(-c3cccc(-n4c5ccccc5c5ccccc54)c3)n2)cc1. The van der Waals surface area contributed by atoms with Crippen molar-refractivity contribution in [1.82, 2.24) is 19.5 Å². The highest BCUT2D eigenvalue weighted by Crippen LogP contribution is 2.42. The quantitative estimate of drug-likeness (QED) is 0.157. The molecule has 13 aromatic rings. The van der Waals surface area contributed by atoms with Gasteiger partial charge in [-0.05, 0) is 76.5 Å². The lowest BCUT2D eigenvalue weighted by atomic mass is 9.97. The molecule has 0 aliphatic heterocycles. The Bertz CT molecular complexity index is 3900. The van der Waals surface area contributed by atoms with Crippen molar-refractivity contribution in [3.8, 4) is 62.0 Å². The van der Waals surface area contributed by atoms with E-state index in [0.29, 0.717) is 5.82 Å². The first-order chi connectivity index (χ1) is 31.7. The van der Waals surface area contributed by atoms with E-state index in [4.69, 9.17) is 19.4 Å². The van der Waals surface area contributed by atoms with Crippen molar-refractivity contribution in [2.45, 2.75) is 0 Å². The third-order valence-corrected chi connectivity index (χ3v) is 12.6. The molecule has 0 aliphatic carbocycles. The second-order valence-corrected chi connectivity index (χ2v) is 16.4. The fourth-order valence-electron chi connectivity index (χ4n) is 9.50. The Labute approximate surface area is 368 Å². The van der Waals surface area contributed by atoms with Crippen molar-refractivity contribution < 1.29 is 4.42 Å². The molecule has 0 saturated heterocycles. The van der Waals surface area contributed by atoms with Crippen LogP contribution in [0.25, 0.3) is 127 Å². The standard InChI is InChI=1S/C59H36N4O/c1-2-14-39(15-3-1)59-61-50(36-51(62-59)43-19-13-21-45(33-43)63-53-25-9-6-22-46(53)47-23-7-10-26-54(47)63)38-30-28-37(29-31-38)40-18-12-20-44(32-40)57-56-48-24-8-11-27-55(48)64-58(56)49-34-41-16-4-5-17-42(41)35-52(49)60-57/h1-36H. The molecule has 0 atom stereocenters. The highest BCUT2D eigenvalue weighted by Gasteiger charge is 2.20. The average Bonchev–Trinajstić information content (AvgIpc) is 3.93. The average molecular weight is 817 g/mol. The van der Waals surface area contributed by atoms with Crippen LogP contribution in [0, 0.1) is 0 Å². The molecule has 5 nitrogen and oxygen atoms in total. The number of para-hydroxylation sites is 3. The maximum Gasteiger partial charge on any atom is 0.160 e. The van der Waals surface area contributed by atoms with E-state index in [1.807, 2.05) is 30.3 Å². The third-order valence-electron chi connectivity index (χ3n) is 12.6. The lowest BCUT2D eigenvalue weighted by Crippen LogP contribution is -1.98. The maximum atomic E-state index is 6.62. The molecular formula is C59H36N4O. The number of rotatable bonds is 6. The minimum Gasteiger partial charge on any atom is -0.455 e. The van der Waals surface area contributed by atoms with Gasteiger partial charge < -0.3 is 8.98 Å². The fourth-order valence-corrected chi connectivity index (χ4v) is 9.50. The monoisotopic (exact) mass is 816 g/mol. The first-order valence-electron chi connectivity index (χ1n) is 21.6. The Morgan fingerprint density at radius 2 is 0.953 bits per heavy atom. The molecule has 0 radical (unpaired) electrons. The van der Waals surface area contributed by atoms with Crippen LogP contribution in [0.1, 0.15) is 0 Å². The molecule has 4 heterocycles.